The number of esters is 1. The van der Waals surface area contributed by atoms with Crippen LogP contribution in [0.2, 0.25) is 0 Å². The highest BCUT2D eigenvalue weighted by Gasteiger charge is 2.41. The summed E-state index contributed by atoms with van der Waals surface area (Å²) in [6, 6.07) is 12.4. The van der Waals surface area contributed by atoms with Crippen molar-refractivity contribution in [3.63, 3.8) is 0 Å². The molecule has 2 aromatic rings. The third-order valence-electron chi connectivity index (χ3n) is 6.14. The number of rotatable bonds is 7. The van der Waals surface area contributed by atoms with E-state index in [1.807, 2.05) is 12.1 Å². The second-order valence-electron chi connectivity index (χ2n) is 8.58. The van der Waals surface area contributed by atoms with Crippen molar-refractivity contribution in [3.05, 3.63) is 108 Å². The second kappa shape index (κ2) is 10.4. The van der Waals surface area contributed by atoms with Crippen LogP contribution in [0.1, 0.15) is 49.3 Å². The van der Waals surface area contributed by atoms with Gasteiger partial charge in [0.05, 0.1) is 26.8 Å². The average molecular weight is 505 g/mol. The molecule has 1 amide bonds. The van der Waals surface area contributed by atoms with Gasteiger partial charge in [-0.3, -0.25) is 25.0 Å². The summed E-state index contributed by atoms with van der Waals surface area (Å²) in [4.78, 5) is 46.4. The molecule has 37 heavy (non-hydrogen) atoms. The molecule has 0 saturated heterocycles. The number of hydrogen-bond acceptors (Lipinski definition) is 9. The Hall–Kier alpha value is -4.87. The molecule has 0 spiro atoms. The lowest BCUT2D eigenvalue weighted by atomic mass is 9.84. The molecule has 12 heteroatoms. The number of ether oxygens (including phenoxy) is 1. The van der Waals surface area contributed by atoms with Crippen LogP contribution >= 0.6 is 0 Å². The topological polar surface area (TPSA) is 166 Å². The number of nitrogens with one attached hydrogen (secondary N) is 2. The lowest BCUT2D eigenvalue weighted by molar-refractivity contribution is -0.431. The summed E-state index contributed by atoms with van der Waals surface area (Å²) in [5, 5.41) is 29.9. The average Bonchev–Trinajstić information content (AvgIpc) is 2.87. The molecule has 2 heterocycles. The summed E-state index contributed by atoms with van der Waals surface area (Å²) in [5.41, 5.74) is 5.37. The van der Waals surface area contributed by atoms with Gasteiger partial charge in [0.1, 0.15) is 12.5 Å². The van der Waals surface area contributed by atoms with Gasteiger partial charge in [-0.1, -0.05) is 36.4 Å². The Bertz CT molecular complexity index is 1380. The number of nitrogens with zero attached hydrogens (tertiary/aromatic N) is 3. The minimum Gasteiger partial charge on any atom is -0.457 e. The summed E-state index contributed by atoms with van der Waals surface area (Å²) >= 11 is 0. The molecule has 2 N–H and O–H groups in total. The van der Waals surface area contributed by atoms with Crippen LogP contribution in [0.3, 0.4) is 0 Å². The first-order valence-corrected chi connectivity index (χ1v) is 11.3. The number of amides is 1. The highest BCUT2D eigenvalue weighted by Crippen LogP contribution is 2.39. The minimum absolute atomic E-state index is 0.0510. The molecular weight excluding hydrogens is 482 g/mol. The largest absolute Gasteiger partial charge is 0.457 e. The number of non-ortho nitro benzene ring substituents is 1. The molecule has 0 fully saturated rings. The van der Waals surface area contributed by atoms with Crippen LogP contribution in [-0.4, -0.2) is 27.4 Å². The molecule has 0 aromatic heterocycles. The van der Waals surface area contributed by atoms with E-state index in [1.165, 1.54) is 31.2 Å². The van der Waals surface area contributed by atoms with Gasteiger partial charge in [-0.05, 0) is 30.5 Å². The SMILES string of the molecule is CC1=C(C(=O)OCc2ccc(C3=NNC(=O)CC3)cc2)C(c2ccc([N+](=O)[O-])cc2)C([N+](=O)[O-])=C(C)N1. The lowest BCUT2D eigenvalue weighted by Crippen LogP contribution is -2.31. The third-order valence-corrected chi connectivity index (χ3v) is 6.14. The Balaban J connectivity index is 1.56. The van der Waals surface area contributed by atoms with Crippen molar-refractivity contribution in [2.75, 3.05) is 0 Å². The van der Waals surface area contributed by atoms with Gasteiger partial charge in [-0.25, -0.2) is 10.2 Å². The van der Waals surface area contributed by atoms with Gasteiger partial charge < -0.3 is 10.1 Å². The Morgan fingerprint density at radius 3 is 2.24 bits per heavy atom. The Labute approximate surface area is 211 Å². The van der Waals surface area contributed by atoms with Gasteiger partial charge in [0.25, 0.3) is 11.4 Å². The summed E-state index contributed by atoms with van der Waals surface area (Å²) < 4.78 is 5.54. The first-order chi connectivity index (χ1) is 17.7. The number of nitro benzene ring substituents is 1. The van der Waals surface area contributed by atoms with Gasteiger partial charge in [-0.2, -0.15) is 5.10 Å². The van der Waals surface area contributed by atoms with E-state index in [0.717, 1.165) is 11.3 Å². The fraction of sp³-hybridized carbons (Fsp3) is 0.240. The summed E-state index contributed by atoms with van der Waals surface area (Å²) in [7, 11) is 0. The van der Waals surface area contributed by atoms with Crippen LogP contribution < -0.4 is 10.7 Å². The Morgan fingerprint density at radius 2 is 1.68 bits per heavy atom. The van der Waals surface area contributed by atoms with E-state index in [-0.39, 0.29) is 35.2 Å². The van der Waals surface area contributed by atoms with Gasteiger partial charge >= 0.3 is 5.97 Å². The third kappa shape index (κ3) is 5.37. The minimum atomic E-state index is -1.08. The van der Waals surface area contributed by atoms with Crippen molar-refractivity contribution in [3.8, 4) is 0 Å². The van der Waals surface area contributed by atoms with Crippen LogP contribution in [0.15, 0.2) is 76.3 Å². The summed E-state index contributed by atoms with van der Waals surface area (Å²) in [6.07, 6.45) is 0.882. The van der Waals surface area contributed by atoms with Gasteiger partial charge in [-0.15, -0.1) is 0 Å². The maximum Gasteiger partial charge on any atom is 0.337 e. The fourth-order valence-electron chi connectivity index (χ4n) is 4.31. The van der Waals surface area contributed by atoms with E-state index in [1.54, 1.807) is 19.1 Å². The highest BCUT2D eigenvalue weighted by atomic mass is 16.6. The van der Waals surface area contributed by atoms with Crippen molar-refractivity contribution in [2.24, 2.45) is 5.10 Å². The predicted molar refractivity (Wildman–Crippen MR) is 132 cm³/mol. The number of carbonyl (C=O) groups is 2. The molecule has 12 nitrogen and oxygen atoms in total. The van der Waals surface area contributed by atoms with Crippen molar-refractivity contribution < 1.29 is 24.2 Å². The molecule has 0 aliphatic carbocycles. The second-order valence-corrected chi connectivity index (χ2v) is 8.58. The van der Waals surface area contributed by atoms with Crippen molar-refractivity contribution in [2.45, 2.75) is 39.2 Å². The van der Waals surface area contributed by atoms with Crippen LogP contribution in [0.25, 0.3) is 0 Å². The van der Waals surface area contributed by atoms with E-state index >= 15 is 0 Å². The zero-order chi connectivity index (χ0) is 26.7. The Morgan fingerprint density at radius 1 is 1.00 bits per heavy atom. The fourth-order valence-corrected chi connectivity index (χ4v) is 4.31. The van der Waals surface area contributed by atoms with E-state index in [2.05, 4.69) is 15.8 Å². The molecule has 2 aliphatic rings. The highest BCUT2D eigenvalue weighted by molar-refractivity contribution is 6.04. The molecule has 1 unspecified atom stereocenters. The van der Waals surface area contributed by atoms with Crippen LogP contribution in [-0.2, 0) is 20.9 Å². The molecule has 190 valence electrons. The first-order valence-electron chi connectivity index (χ1n) is 11.3. The van der Waals surface area contributed by atoms with Gasteiger partial charge in [0.15, 0.2) is 0 Å². The van der Waals surface area contributed by atoms with E-state index in [4.69, 9.17) is 4.74 Å². The molecular formula is C25H23N5O7. The zero-order valence-electron chi connectivity index (χ0n) is 20.0. The standard InChI is InChI=1S/C25H23N5O7/c1-14-22(23(24(30(35)36)15(2)26-14)18-7-9-19(10-8-18)29(33)34)25(32)37-13-16-3-5-17(6-4-16)20-11-12-21(31)28-27-20/h3-10,23,26H,11-13H2,1-2H3,(H,28,31). The molecule has 0 radical (unpaired) electrons. The summed E-state index contributed by atoms with van der Waals surface area (Å²) in [6.45, 7) is 3.07. The lowest BCUT2D eigenvalue weighted by Gasteiger charge is -2.26. The van der Waals surface area contributed by atoms with Crippen molar-refractivity contribution in [1.82, 2.24) is 10.7 Å². The number of benzene rings is 2. The molecule has 2 aliphatic heterocycles. The summed E-state index contributed by atoms with van der Waals surface area (Å²) in [5.74, 6) is -1.96. The van der Waals surface area contributed by atoms with Crippen LogP contribution in [0, 0.1) is 20.2 Å². The molecule has 0 bridgehead atoms. The molecule has 2 aromatic carbocycles. The number of allylic oxidation sites excluding steroid dienone is 3. The van der Waals surface area contributed by atoms with E-state index in [0.29, 0.717) is 29.7 Å². The van der Waals surface area contributed by atoms with Crippen LogP contribution in [0.4, 0.5) is 5.69 Å². The Kier molecular flexibility index (Phi) is 7.09. The maximum atomic E-state index is 13.2. The zero-order valence-corrected chi connectivity index (χ0v) is 20.0. The van der Waals surface area contributed by atoms with Crippen LogP contribution in [0.5, 0.6) is 0 Å². The van der Waals surface area contributed by atoms with E-state index < -0.39 is 21.7 Å². The number of hydrazone groups is 1. The molecule has 0 saturated carbocycles. The quantitative estimate of drug-likeness (QED) is 0.328. The van der Waals surface area contributed by atoms with Gasteiger partial charge in [0.2, 0.25) is 5.91 Å². The molecule has 4 rings (SSSR count). The van der Waals surface area contributed by atoms with Gasteiger partial charge in [0, 0.05) is 30.7 Å². The number of nitro groups is 2. The predicted octanol–water partition coefficient (Wildman–Crippen LogP) is 3.42. The normalized spacial score (nSPS) is 17.5. The monoisotopic (exact) mass is 505 g/mol. The smallest absolute Gasteiger partial charge is 0.337 e. The van der Waals surface area contributed by atoms with Crippen molar-refractivity contribution in [1.29, 1.82) is 0 Å². The van der Waals surface area contributed by atoms with Crippen molar-refractivity contribution >= 4 is 23.3 Å². The number of dihydropyridines is 1. The molecule has 1 atom stereocenters. The first kappa shape index (κ1) is 25.2. The number of carbonyl (C=O) groups excluding carboxylic acids is 2. The van der Waals surface area contributed by atoms with E-state index in [9.17, 15) is 29.8 Å². The number of hydrogen-bond donors (Lipinski definition) is 2. The maximum absolute atomic E-state index is 13.2.